The van der Waals surface area contributed by atoms with E-state index in [0.29, 0.717) is 17.9 Å². The quantitative estimate of drug-likeness (QED) is 0.336. The van der Waals surface area contributed by atoms with Gasteiger partial charge in [-0.05, 0) is 79.2 Å². The fourth-order valence-electron chi connectivity index (χ4n) is 4.25. The molecule has 0 fully saturated rings. The van der Waals surface area contributed by atoms with E-state index in [2.05, 4.69) is 15.9 Å². The first kappa shape index (κ1) is 25.4. The molecule has 2 aromatic carbocycles. The van der Waals surface area contributed by atoms with E-state index in [1.165, 1.54) is 17.0 Å². The first-order chi connectivity index (χ1) is 16.9. The average molecular weight is 560 g/mol. The molecule has 1 aromatic heterocycles. The van der Waals surface area contributed by atoms with E-state index in [-0.39, 0.29) is 42.9 Å². The fourth-order valence-corrected chi connectivity index (χ4v) is 5.58. The predicted molar refractivity (Wildman–Crippen MR) is 139 cm³/mol. The number of nitrogens with zero attached hydrogens (tertiary/aromatic N) is 2. The fraction of sp³-hybridized carbons (Fsp3) is 0.333. The molecule has 2 heterocycles. The van der Waals surface area contributed by atoms with Crippen molar-refractivity contribution in [3.63, 3.8) is 0 Å². The lowest BCUT2D eigenvalue weighted by Crippen LogP contribution is -2.49. The molecule has 0 radical (unpaired) electrons. The standard InChI is InChI=1S/C27H28BrFN2O3S/c1-3-18(2)31(27(33)19-5-4-6-20(28)15-19)16-26(32)30-13-11-25-23(12-14-35-25)24(30)17-34-22-9-7-21(29)8-10-22/h4-10,12,14-15,18,24H,3,11,13,16-17H2,1-2H3/t18-,24+/m1/s1. The van der Waals surface area contributed by atoms with Crippen LogP contribution in [0.15, 0.2) is 64.5 Å². The molecule has 2 amide bonds. The van der Waals surface area contributed by atoms with Crippen LogP contribution in [0.2, 0.25) is 0 Å². The molecule has 0 saturated heterocycles. The summed E-state index contributed by atoms with van der Waals surface area (Å²) in [5, 5.41) is 2.03. The van der Waals surface area contributed by atoms with Gasteiger partial charge in [-0.25, -0.2) is 4.39 Å². The van der Waals surface area contributed by atoms with E-state index >= 15 is 0 Å². The number of amides is 2. The molecule has 0 unspecified atom stereocenters. The van der Waals surface area contributed by atoms with Crippen LogP contribution in [-0.4, -0.2) is 47.4 Å². The molecule has 184 valence electrons. The average Bonchev–Trinajstić information content (AvgIpc) is 3.35. The van der Waals surface area contributed by atoms with Gasteiger partial charge in [0.25, 0.3) is 5.91 Å². The van der Waals surface area contributed by atoms with E-state index in [0.717, 1.165) is 22.9 Å². The zero-order valence-electron chi connectivity index (χ0n) is 19.7. The van der Waals surface area contributed by atoms with Crippen LogP contribution >= 0.6 is 27.3 Å². The van der Waals surface area contributed by atoms with Crippen molar-refractivity contribution < 1.29 is 18.7 Å². The Morgan fingerprint density at radius 2 is 2.00 bits per heavy atom. The highest BCUT2D eigenvalue weighted by atomic mass is 79.9. The molecule has 1 aliphatic heterocycles. The van der Waals surface area contributed by atoms with Crippen LogP contribution in [0.1, 0.15) is 47.1 Å². The predicted octanol–water partition coefficient (Wildman–Crippen LogP) is 6.10. The zero-order chi connectivity index (χ0) is 24.9. The van der Waals surface area contributed by atoms with Crippen molar-refractivity contribution in [1.29, 1.82) is 0 Å². The molecular formula is C27H28BrFN2O3S. The highest BCUT2D eigenvalue weighted by molar-refractivity contribution is 9.10. The molecular weight excluding hydrogens is 531 g/mol. The van der Waals surface area contributed by atoms with Gasteiger partial charge in [-0.2, -0.15) is 0 Å². The first-order valence-electron chi connectivity index (χ1n) is 11.7. The summed E-state index contributed by atoms with van der Waals surface area (Å²) in [5.41, 5.74) is 1.62. The Hall–Kier alpha value is -2.71. The number of halogens is 2. The van der Waals surface area contributed by atoms with Crippen LogP contribution in [0.3, 0.4) is 0 Å². The molecule has 3 aromatic rings. The molecule has 8 heteroatoms. The SMILES string of the molecule is CC[C@@H](C)N(CC(=O)N1CCc2sccc2[C@@H]1COc1ccc(F)cc1)C(=O)c1cccc(Br)c1. The number of fused-ring (bicyclic) bond motifs is 1. The van der Waals surface area contributed by atoms with E-state index < -0.39 is 0 Å². The Balaban J connectivity index is 1.54. The second-order valence-corrected chi connectivity index (χ2v) is 10.5. The van der Waals surface area contributed by atoms with Crippen LogP contribution in [-0.2, 0) is 11.2 Å². The highest BCUT2D eigenvalue weighted by Gasteiger charge is 2.34. The summed E-state index contributed by atoms with van der Waals surface area (Å²) in [6, 6.07) is 14.8. The molecule has 0 aliphatic carbocycles. The maximum absolute atomic E-state index is 13.7. The minimum absolute atomic E-state index is 0.00707. The van der Waals surface area contributed by atoms with E-state index in [4.69, 9.17) is 4.74 Å². The summed E-state index contributed by atoms with van der Waals surface area (Å²) in [5.74, 6) is -0.0565. The van der Waals surface area contributed by atoms with Crippen molar-refractivity contribution in [3.8, 4) is 5.75 Å². The second kappa shape index (κ2) is 11.4. The topological polar surface area (TPSA) is 49.9 Å². The maximum atomic E-state index is 13.7. The van der Waals surface area contributed by atoms with Gasteiger partial charge >= 0.3 is 0 Å². The van der Waals surface area contributed by atoms with Gasteiger partial charge in [0.15, 0.2) is 0 Å². The van der Waals surface area contributed by atoms with Crippen molar-refractivity contribution in [2.75, 3.05) is 19.7 Å². The number of benzene rings is 2. The number of hydrogen-bond donors (Lipinski definition) is 0. The molecule has 0 N–H and O–H groups in total. The summed E-state index contributed by atoms with van der Waals surface area (Å²) in [4.78, 5) is 31.7. The van der Waals surface area contributed by atoms with Crippen molar-refractivity contribution in [2.45, 2.75) is 38.8 Å². The monoisotopic (exact) mass is 558 g/mol. The normalized spacial score (nSPS) is 15.9. The smallest absolute Gasteiger partial charge is 0.254 e. The number of hydrogen-bond acceptors (Lipinski definition) is 4. The van der Waals surface area contributed by atoms with E-state index in [1.807, 2.05) is 42.3 Å². The third-order valence-electron chi connectivity index (χ3n) is 6.40. The first-order valence-corrected chi connectivity index (χ1v) is 13.3. The zero-order valence-corrected chi connectivity index (χ0v) is 22.1. The number of carbonyl (C=O) groups is 2. The van der Waals surface area contributed by atoms with Crippen molar-refractivity contribution in [3.05, 3.63) is 86.3 Å². The number of ether oxygens (including phenoxy) is 1. The molecule has 2 atom stereocenters. The maximum Gasteiger partial charge on any atom is 0.254 e. The Morgan fingerprint density at radius 1 is 1.23 bits per heavy atom. The third kappa shape index (κ3) is 5.93. The van der Waals surface area contributed by atoms with Crippen LogP contribution in [0.5, 0.6) is 5.75 Å². The van der Waals surface area contributed by atoms with Crippen molar-refractivity contribution >= 4 is 39.1 Å². The molecule has 5 nitrogen and oxygen atoms in total. The van der Waals surface area contributed by atoms with Crippen LogP contribution in [0.4, 0.5) is 4.39 Å². The van der Waals surface area contributed by atoms with Gasteiger partial charge in [-0.3, -0.25) is 9.59 Å². The van der Waals surface area contributed by atoms with E-state index in [1.54, 1.807) is 40.5 Å². The van der Waals surface area contributed by atoms with Gasteiger partial charge in [0.05, 0.1) is 6.04 Å². The summed E-state index contributed by atoms with van der Waals surface area (Å²) < 4.78 is 20.1. The summed E-state index contributed by atoms with van der Waals surface area (Å²) >= 11 is 5.11. The van der Waals surface area contributed by atoms with Crippen LogP contribution in [0.25, 0.3) is 0 Å². The van der Waals surface area contributed by atoms with Crippen molar-refractivity contribution in [2.24, 2.45) is 0 Å². The highest BCUT2D eigenvalue weighted by Crippen LogP contribution is 2.34. The summed E-state index contributed by atoms with van der Waals surface area (Å²) in [6.07, 6.45) is 1.51. The van der Waals surface area contributed by atoms with Gasteiger partial charge in [0.1, 0.15) is 24.7 Å². The summed E-state index contributed by atoms with van der Waals surface area (Å²) in [7, 11) is 0. The number of rotatable bonds is 8. The lowest BCUT2D eigenvalue weighted by molar-refractivity contribution is -0.136. The minimum atomic E-state index is -0.327. The number of thiophene rings is 1. The van der Waals surface area contributed by atoms with Gasteiger partial charge in [0, 0.05) is 27.5 Å². The largest absolute Gasteiger partial charge is 0.491 e. The van der Waals surface area contributed by atoms with Gasteiger partial charge in [0.2, 0.25) is 5.91 Å². The van der Waals surface area contributed by atoms with Crippen molar-refractivity contribution in [1.82, 2.24) is 9.80 Å². The van der Waals surface area contributed by atoms with Gasteiger partial charge < -0.3 is 14.5 Å². The molecule has 35 heavy (non-hydrogen) atoms. The lowest BCUT2D eigenvalue weighted by atomic mass is 10.00. The Labute approximate surface area is 217 Å². The van der Waals surface area contributed by atoms with Crippen LogP contribution < -0.4 is 4.74 Å². The molecule has 4 rings (SSSR count). The lowest BCUT2D eigenvalue weighted by Gasteiger charge is -2.38. The Morgan fingerprint density at radius 3 is 2.71 bits per heavy atom. The molecule has 0 spiro atoms. The Kier molecular flexibility index (Phi) is 8.23. The molecule has 0 bridgehead atoms. The molecule has 0 saturated carbocycles. The van der Waals surface area contributed by atoms with E-state index in [9.17, 15) is 14.0 Å². The van der Waals surface area contributed by atoms with Crippen LogP contribution in [0, 0.1) is 5.82 Å². The third-order valence-corrected chi connectivity index (χ3v) is 7.89. The minimum Gasteiger partial charge on any atom is -0.491 e. The summed E-state index contributed by atoms with van der Waals surface area (Å²) in [6.45, 7) is 4.78. The van der Waals surface area contributed by atoms with Gasteiger partial charge in [-0.1, -0.05) is 28.9 Å². The molecule has 1 aliphatic rings. The second-order valence-electron chi connectivity index (χ2n) is 8.62. The van der Waals surface area contributed by atoms with Gasteiger partial charge in [-0.15, -0.1) is 11.3 Å². The Bertz CT molecular complexity index is 1180. The number of carbonyl (C=O) groups excluding carboxylic acids is 2.